The minimum atomic E-state index is -0.319. The van der Waals surface area contributed by atoms with E-state index in [4.69, 9.17) is 0 Å². The molecular weight excluding hydrogens is 312 g/mol. The van der Waals surface area contributed by atoms with E-state index in [9.17, 15) is 14.7 Å². The number of hydrogen-bond donors (Lipinski definition) is 3. The molecule has 3 N–H and O–H groups in total. The fourth-order valence-corrected chi connectivity index (χ4v) is 1.98. The van der Waals surface area contributed by atoms with Crippen molar-refractivity contribution in [3.05, 3.63) is 32.7 Å². The molecule has 0 aromatic carbocycles. The van der Waals surface area contributed by atoms with E-state index >= 15 is 0 Å². The quantitative estimate of drug-likeness (QED) is 0.775. The van der Waals surface area contributed by atoms with Crippen LogP contribution in [0.4, 0.5) is 0 Å². The summed E-state index contributed by atoms with van der Waals surface area (Å²) in [7, 11) is 0. The number of aliphatic hydroxyl groups excluding tert-OH is 1. The zero-order chi connectivity index (χ0) is 14.6. The average Bonchev–Trinajstić information content (AvgIpc) is 2.30. The standard InChI is InChI=1S/C13H19BrN2O3/c1-13(2,3)9(7-17)16-10(18)6-8-4-5-15-12(19)11(8)14/h4-5,9,17H,6-7H2,1-3H3,(H,15,19)(H,16,18). The Morgan fingerprint density at radius 3 is 2.68 bits per heavy atom. The van der Waals surface area contributed by atoms with Gasteiger partial charge >= 0.3 is 0 Å². The van der Waals surface area contributed by atoms with Gasteiger partial charge in [0.1, 0.15) is 0 Å². The van der Waals surface area contributed by atoms with Crippen LogP contribution in [0, 0.1) is 5.41 Å². The summed E-state index contributed by atoms with van der Waals surface area (Å²) in [5.41, 5.74) is 0.127. The number of carbonyl (C=O) groups is 1. The normalized spacial score (nSPS) is 13.1. The van der Waals surface area contributed by atoms with Gasteiger partial charge in [-0.05, 0) is 33.0 Å². The van der Waals surface area contributed by atoms with Gasteiger partial charge in [-0.25, -0.2) is 0 Å². The van der Waals surface area contributed by atoms with E-state index in [0.29, 0.717) is 10.0 Å². The summed E-state index contributed by atoms with van der Waals surface area (Å²) >= 11 is 3.16. The van der Waals surface area contributed by atoms with Gasteiger partial charge in [-0.15, -0.1) is 0 Å². The van der Waals surface area contributed by atoms with Gasteiger partial charge in [-0.1, -0.05) is 20.8 Å². The monoisotopic (exact) mass is 330 g/mol. The van der Waals surface area contributed by atoms with Crippen LogP contribution < -0.4 is 10.9 Å². The SMILES string of the molecule is CC(C)(C)C(CO)NC(=O)Cc1cc[nH]c(=O)c1Br. The highest BCUT2D eigenvalue weighted by molar-refractivity contribution is 9.10. The summed E-state index contributed by atoms with van der Waals surface area (Å²) in [6.45, 7) is 5.71. The lowest BCUT2D eigenvalue weighted by Crippen LogP contribution is -2.46. The fourth-order valence-electron chi connectivity index (χ4n) is 1.59. The largest absolute Gasteiger partial charge is 0.394 e. The predicted molar refractivity (Wildman–Crippen MR) is 76.9 cm³/mol. The van der Waals surface area contributed by atoms with E-state index in [1.54, 1.807) is 6.07 Å². The van der Waals surface area contributed by atoms with Crippen LogP contribution in [0.5, 0.6) is 0 Å². The van der Waals surface area contributed by atoms with Gasteiger partial charge < -0.3 is 15.4 Å². The number of aromatic amines is 1. The molecule has 0 saturated carbocycles. The van der Waals surface area contributed by atoms with E-state index < -0.39 is 0 Å². The number of amides is 1. The summed E-state index contributed by atoms with van der Waals surface area (Å²) in [5.74, 6) is -0.222. The lowest BCUT2D eigenvalue weighted by molar-refractivity contribution is -0.122. The molecule has 6 heteroatoms. The van der Waals surface area contributed by atoms with Gasteiger partial charge in [0.25, 0.3) is 5.56 Å². The molecule has 0 aliphatic carbocycles. The molecule has 0 bridgehead atoms. The Labute approximate surface area is 120 Å². The van der Waals surface area contributed by atoms with E-state index in [2.05, 4.69) is 26.2 Å². The zero-order valence-electron chi connectivity index (χ0n) is 11.3. The first-order valence-corrected chi connectivity index (χ1v) is 6.81. The molecule has 1 amide bonds. The van der Waals surface area contributed by atoms with Crippen molar-refractivity contribution in [1.82, 2.24) is 10.3 Å². The molecule has 1 aromatic rings. The Hall–Kier alpha value is -1.14. The van der Waals surface area contributed by atoms with Crippen molar-refractivity contribution < 1.29 is 9.90 Å². The van der Waals surface area contributed by atoms with Gasteiger partial charge in [0, 0.05) is 6.20 Å². The third-order valence-electron chi connectivity index (χ3n) is 2.89. The first kappa shape index (κ1) is 15.9. The molecule has 1 aromatic heterocycles. The van der Waals surface area contributed by atoms with Crippen molar-refractivity contribution in [3.8, 4) is 0 Å². The van der Waals surface area contributed by atoms with Crippen LogP contribution in [0.25, 0.3) is 0 Å². The van der Waals surface area contributed by atoms with Crippen LogP contribution in [0.2, 0.25) is 0 Å². The maximum Gasteiger partial charge on any atom is 0.262 e. The van der Waals surface area contributed by atoms with Crippen molar-refractivity contribution >= 4 is 21.8 Å². The van der Waals surface area contributed by atoms with Gasteiger partial charge in [-0.3, -0.25) is 9.59 Å². The average molecular weight is 331 g/mol. The number of pyridine rings is 1. The van der Waals surface area contributed by atoms with Crippen molar-refractivity contribution in [2.75, 3.05) is 6.61 Å². The summed E-state index contributed by atoms with van der Waals surface area (Å²) in [4.78, 5) is 25.8. The lowest BCUT2D eigenvalue weighted by atomic mass is 9.87. The second-order valence-corrected chi connectivity index (χ2v) is 6.28. The minimum absolute atomic E-state index is 0.0943. The molecule has 106 valence electrons. The van der Waals surface area contributed by atoms with Gasteiger partial charge in [0.2, 0.25) is 5.91 Å². The number of rotatable bonds is 4. The first-order chi connectivity index (χ1) is 8.75. The number of aromatic nitrogens is 1. The Bertz CT molecular complexity index is 505. The molecule has 19 heavy (non-hydrogen) atoms. The second kappa shape index (κ2) is 6.34. The molecule has 0 radical (unpaired) electrons. The number of H-pyrrole nitrogens is 1. The van der Waals surface area contributed by atoms with Gasteiger partial charge in [0.05, 0.1) is 23.5 Å². The lowest BCUT2D eigenvalue weighted by Gasteiger charge is -2.29. The summed E-state index contributed by atoms with van der Waals surface area (Å²) in [6.07, 6.45) is 1.60. The van der Waals surface area contributed by atoms with Crippen molar-refractivity contribution in [2.24, 2.45) is 5.41 Å². The number of halogens is 1. The molecule has 1 unspecified atom stereocenters. The Balaban J connectivity index is 2.75. The van der Waals surface area contributed by atoms with E-state index in [0.717, 1.165) is 0 Å². The maximum absolute atomic E-state index is 11.9. The maximum atomic E-state index is 11.9. The van der Waals surface area contributed by atoms with Crippen molar-refractivity contribution in [1.29, 1.82) is 0 Å². The van der Waals surface area contributed by atoms with Gasteiger partial charge in [0.15, 0.2) is 0 Å². The highest BCUT2D eigenvalue weighted by Crippen LogP contribution is 2.19. The second-order valence-electron chi connectivity index (χ2n) is 5.49. The minimum Gasteiger partial charge on any atom is -0.394 e. The summed E-state index contributed by atoms with van der Waals surface area (Å²) in [5, 5.41) is 12.1. The molecule has 0 aliphatic heterocycles. The van der Waals surface area contributed by atoms with Crippen molar-refractivity contribution in [3.63, 3.8) is 0 Å². The molecule has 1 heterocycles. The molecule has 0 fully saturated rings. The third kappa shape index (κ3) is 4.47. The summed E-state index contributed by atoms with van der Waals surface area (Å²) < 4.78 is 0.362. The number of carbonyl (C=O) groups excluding carboxylic acids is 1. The fraction of sp³-hybridized carbons (Fsp3) is 0.538. The predicted octanol–water partition coefficient (Wildman–Crippen LogP) is 1.20. The first-order valence-electron chi connectivity index (χ1n) is 6.02. The van der Waals surface area contributed by atoms with Crippen LogP contribution in [0.3, 0.4) is 0 Å². The van der Waals surface area contributed by atoms with E-state index in [1.165, 1.54) is 6.20 Å². The Kier molecular flexibility index (Phi) is 5.31. The number of nitrogens with one attached hydrogen (secondary N) is 2. The topological polar surface area (TPSA) is 82.2 Å². The molecule has 0 aliphatic rings. The highest BCUT2D eigenvalue weighted by atomic mass is 79.9. The van der Waals surface area contributed by atoms with Crippen LogP contribution in [0.1, 0.15) is 26.3 Å². The molecule has 5 nitrogen and oxygen atoms in total. The molecule has 0 spiro atoms. The number of hydrogen-bond acceptors (Lipinski definition) is 3. The van der Waals surface area contributed by atoms with Crippen LogP contribution >= 0.6 is 15.9 Å². The Morgan fingerprint density at radius 2 is 2.16 bits per heavy atom. The zero-order valence-corrected chi connectivity index (χ0v) is 12.9. The highest BCUT2D eigenvalue weighted by Gasteiger charge is 2.25. The van der Waals surface area contributed by atoms with Crippen LogP contribution in [0.15, 0.2) is 21.5 Å². The van der Waals surface area contributed by atoms with E-state index in [1.807, 2.05) is 20.8 Å². The van der Waals surface area contributed by atoms with Crippen LogP contribution in [-0.2, 0) is 11.2 Å². The van der Waals surface area contributed by atoms with Crippen molar-refractivity contribution in [2.45, 2.75) is 33.2 Å². The van der Waals surface area contributed by atoms with Crippen LogP contribution in [-0.4, -0.2) is 28.6 Å². The molecule has 1 rings (SSSR count). The smallest absolute Gasteiger partial charge is 0.262 e. The molecule has 1 atom stereocenters. The van der Waals surface area contributed by atoms with E-state index in [-0.39, 0.29) is 36.0 Å². The molecular formula is C13H19BrN2O3. The van der Waals surface area contributed by atoms with Gasteiger partial charge in [-0.2, -0.15) is 0 Å². The third-order valence-corrected chi connectivity index (χ3v) is 3.76. The number of aliphatic hydroxyl groups is 1. The summed E-state index contributed by atoms with van der Waals surface area (Å²) in [6, 6.07) is 1.36. The Morgan fingerprint density at radius 1 is 1.53 bits per heavy atom. The molecule has 0 saturated heterocycles.